The molecule has 2 aliphatic heterocycles. The second kappa shape index (κ2) is 16.6. The zero-order valence-electron chi connectivity index (χ0n) is 25.0. The van der Waals surface area contributed by atoms with Crippen molar-refractivity contribution < 1.29 is 80.9 Å². The monoisotopic (exact) mass is 698 g/mol. The van der Waals surface area contributed by atoms with Crippen molar-refractivity contribution in [3.63, 3.8) is 0 Å². The van der Waals surface area contributed by atoms with E-state index in [9.17, 15) is 33.6 Å². The number of esters is 7. The molecule has 0 spiro atoms. The molecule has 2 saturated heterocycles. The van der Waals surface area contributed by atoms with Gasteiger partial charge in [-0.05, 0) is 0 Å². The average molecular weight is 699 g/mol. The number of rotatable bonds is 11. The van der Waals surface area contributed by atoms with Crippen LogP contribution in [-0.2, 0) is 80.9 Å². The lowest BCUT2D eigenvalue weighted by Gasteiger charge is -2.48. The highest BCUT2D eigenvalue weighted by Gasteiger charge is 2.57. The molecule has 0 aromatic heterocycles. The standard InChI is InChI=1S/C26H35BrO17/c1-10(28)35-8-17-20(21(38-13(4)31)23(25(27)42-17)40-15(6)33)44-26-24(41-16(7)34)22(39-14(5)32)19(37-12(3)30)18(43-26)9-36-11(2)29/h17-26H,8-9H2,1-7H3/t17-,18-,19-,20-,21+,22+,23-,24-,25-,26+/m1/s1. The largest absolute Gasteiger partial charge is 0.463 e. The Morgan fingerprint density at radius 1 is 0.477 bits per heavy atom. The molecular formula is C26H35BrO17. The highest BCUT2D eigenvalue weighted by atomic mass is 79.9. The Labute approximate surface area is 260 Å². The summed E-state index contributed by atoms with van der Waals surface area (Å²) in [4.78, 5) is 83.8. The Morgan fingerprint density at radius 2 is 0.841 bits per heavy atom. The summed E-state index contributed by atoms with van der Waals surface area (Å²) in [7, 11) is 0. The lowest BCUT2D eigenvalue weighted by atomic mass is 9.96. The van der Waals surface area contributed by atoms with Gasteiger partial charge in [-0.15, -0.1) is 0 Å². The molecule has 17 nitrogen and oxygen atoms in total. The molecule has 0 saturated carbocycles. The summed E-state index contributed by atoms with van der Waals surface area (Å²) in [6, 6.07) is 0. The van der Waals surface area contributed by atoms with E-state index in [0.717, 1.165) is 48.5 Å². The third-order valence-electron chi connectivity index (χ3n) is 5.87. The first-order chi connectivity index (χ1) is 20.5. The molecule has 0 aromatic carbocycles. The van der Waals surface area contributed by atoms with Gasteiger partial charge in [0.2, 0.25) is 0 Å². The molecule has 10 atom stereocenters. The van der Waals surface area contributed by atoms with E-state index < -0.39 is 115 Å². The second-order valence-electron chi connectivity index (χ2n) is 9.64. The first-order valence-electron chi connectivity index (χ1n) is 13.2. The van der Waals surface area contributed by atoms with Crippen LogP contribution in [0.2, 0.25) is 0 Å². The summed E-state index contributed by atoms with van der Waals surface area (Å²) in [5.74, 6) is -5.63. The second-order valence-corrected chi connectivity index (χ2v) is 10.5. The van der Waals surface area contributed by atoms with Gasteiger partial charge in [0.15, 0.2) is 41.8 Å². The molecule has 44 heavy (non-hydrogen) atoms. The maximum atomic E-state index is 12.2. The first-order valence-corrected chi connectivity index (χ1v) is 14.1. The van der Waals surface area contributed by atoms with Crippen molar-refractivity contribution >= 4 is 57.7 Å². The number of halogens is 1. The van der Waals surface area contributed by atoms with Crippen molar-refractivity contribution in [1.29, 1.82) is 0 Å². The molecular weight excluding hydrogens is 664 g/mol. The summed E-state index contributed by atoms with van der Waals surface area (Å²) in [6.07, 6.45) is -13.2. The van der Waals surface area contributed by atoms with E-state index in [1.807, 2.05) is 0 Å². The summed E-state index contributed by atoms with van der Waals surface area (Å²) >= 11 is 3.23. The zero-order chi connectivity index (χ0) is 33.3. The fourth-order valence-electron chi connectivity index (χ4n) is 4.46. The van der Waals surface area contributed by atoms with Crippen molar-refractivity contribution in [3.8, 4) is 0 Å². The minimum atomic E-state index is -1.73. The van der Waals surface area contributed by atoms with Crippen LogP contribution in [0.15, 0.2) is 0 Å². The minimum absolute atomic E-state index is 0.460. The normalized spacial score (nSPS) is 31.5. The van der Waals surface area contributed by atoms with E-state index in [0.29, 0.717) is 0 Å². The van der Waals surface area contributed by atoms with Crippen LogP contribution >= 0.6 is 15.9 Å². The molecule has 0 bridgehead atoms. The van der Waals surface area contributed by atoms with E-state index in [-0.39, 0.29) is 0 Å². The van der Waals surface area contributed by atoms with Gasteiger partial charge in [0.25, 0.3) is 0 Å². The van der Waals surface area contributed by atoms with Crippen LogP contribution in [0.5, 0.6) is 0 Å². The molecule has 0 radical (unpaired) electrons. The topological polar surface area (TPSA) is 212 Å². The third kappa shape index (κ3) is 11.0. The van der Waals surface area contributed by atoms with Gasteiger partial charge >= 0.3 is 41.8 Å². The third-order valence-corrected chi connectivity index (χ3v) is 6.61. The van der Waals surface area contributed by atoms with Gasteiger partial charge in [-0.1, -0.05) is 15.9 Å². The number of carbonyl (C=O) groups is 7. The molecule has 0 N–H and O–H groups in total. The van der Waals surface area contributed by atoms with Crippen molar-refractivity contribution in [1.82, 2.24) is 0 Å². The van der Waals surface area contributed by atoms with Crippen LogP contribution in [0.25, 0.3) is 0 Å². The van der Waals surface area contributed by atoms with E-state index in [1.165, 1.54) is 0 Å². The first kappa shape index (κ1) is 36.8. The lowest BCUT2D eigenvalue weighted by Crippen LogP contribution is -2.66. The van der Waals surface area contributed by atoms with Gasteiger partial charge in [-0.2, -0.15) is 0 Å². The Kier molecular flexibility index (Phi) is 13.9. The summed E-state index contributed by atoms with van der Waals surface area (Å²) < 4.78 is 55.2. The maximum Gasteiger partial charge on any atom is 0.303 e. The predicted molar refractivity (Wildman–Crippen MR) is 142 cm³/mol. The smallest absolute Gasteiger partial charge is 0.303 e. The molecule has 0 aromatic rings. The Bertz CT molecular complexity index is 1090. The number of ether oxygens (including phenoxy) is 10. The van der Waals surface area contributed by atoms with E-state index in [4.69, 9.17) is 47.4 Å². The van der Waals surface area contributed by atoms with Crippen LogP contribution in [0.4, 0.5) is 0 Å². The summed E-state index contributed by atoms with van der Waals surface area (Å²) in [6.45, 7) is 6.57. The Balaban J connectivity index is 2.66. The quantitative estimate of drug-likeness (QED) is 0.158. The van der Waals surface area contributed by atoms with E-state index in [2.05, 4.69) is 15.9 Å². The lowest BCUT2D eigenvalue weighted by molar-refractivity contribution is -0.341. The molecule has 2 aliphatic rings. The Morgan fingerprint density at radius 3 is 1.27 bits per heavy atom. The van der Waals surface area contributed by atoms with Crippen LogP contribution in [0.3, 0.4) is 0 Å². The summed E-state index contributed by atoms with van der Waals surface area (Å²) in [5.41, 5.74) is 0. The summed E-state index contributed by atoms with van der Waals surface area (Å²) in [5, 5.41) is -1.09. The van der Waals surface area contributed by atoms with Crippen LogP contribution < -0.4 is 0 Å². The molecule has 2 rings (SSSR count). The van der Waals surface area contributed by atoms with Crippen molar-refractivity contribution in [3.05, 3.63) is 0 Å². The van der Waals surface area contributed by atoms with Crippen LogP contribution in [-0.4, -0.2) is 115 Å². The fourth-order valence-corrected chi connectivity index (χ4v) is 5.15. The number of carbonyl (C=O) groups excluding carboxylic acids is 7. The van der Waals surface area contributed by atoms with E-state index in [1.54, 1.807) is 0 Å². The molecule has 2 heterocycles. The molecule has 18 heteroatoms. The Hall–Kier alpha value is -3.35. The van der Waals surface area contributed by atoms with Crippen molar-refractivity contribution in [2.75, 3.05) is 13.2 Å². The molecule has 0 unspecified atom stereocenters. The van der Waals surface area contributed by atoms with Crippen molar-refractivity contribution in [2.24, 2.45) is 0 Å². The molecule has 2 fully saturated rings. The highest BCUT2D eigenvalue weighted by Crippen LogP contribution is 2.36. The fraction of sp³-hybridized carbons (Fsp3) is 0.731. The van der Waals surface area contributed by atoms with Crippen molar-refractivity contribution in [2.45, 2.75) is 109 Å². The van der Waals surface area contributed by atoms with Gasteiger partial charge in [-0.25, -0.2) is 0 Å². The average Bonchev–Trinajstić information content (AvgIpc) is 2.87. The van der Waals surface area contributed by atoms with Gasteiger partial charge in [-0.3, -0.25) is 33.6 Å². The zero-order valence-corrected chi connectivity index (χ0v) is 26.6. The van der Waals surface area contributed by atoms with Gasteiger partial charge in [0.05, 0.1) is 0 Å². The maximum absolute atomic E-state index is 12.2. The van der Waals surface area contributed by atoms with Gasteiger partial charge in [0.1, 0.15) is 31.5 Å². The molecule has 0 amide bonds. The van der Waals surface area contributed by atoms with Crippen LogP contribution in [0, 0.1) is 0 Å². The number of alkyl halides is 1. The number of hydrogen-bond acceptors (Lipinski definition) is 17. The molecule has 248 valence electrons. The highest BCUT2D eigenvalue weighted by molar-refractivity contribution is 9.09. The van der Waals surface area contributed by atoms with Gasteiger partial charge in [0, 0.05) is 48.5 Å². The van der Waals surface area contributed by atoms with Gasteiger partial charge < -0.3 is 47.4 Å². The van der Waals surface area contributed by atoms with Crippen LogP contribution in [0.1, 0.15) is 48.5 Å². The minimum Gasteiger partial charge on any atom is -0.463 e. The predicted octanol–water partition coefficient (Wildman–Crippen LogP) is 0.00100. The SMILES string of the molecule is CC(=O)OC[C@H]1O[C@@H](Br)[C@H](OC(C)=O)[C@@H](OC(C)=O)[C@@H]1O[C@@H]1O[C@H](COC(C)=O)[C@@H](OC(C)=O)[C@H](OC(C)=O)[C@H]1OC(C)=O. The number of hydrogen-bond donors (Lipinski definition) is 0. The van der Waals surface area contributed by atoms with E-state index >= 15 is 0 Å². The molecule has 0 aliphatic carbocycles.